The zero-order valence-electron chi connectivity index (χ0n) is 12.6. The monoisotopic (exact) mass is 290 g/mol. The van der Waals surface area contributed by atoms with Gasteiger partial charge in [0.15, 0.2) is 6.10 Å². The van der Waals surface area contributed by atoms with Gasteiger partial charge in [-0.1, -0.05) is 25.1 Å². The number of aryl methyl sites for hydroxylation is 1. The van der Waals surface area contributed by atoms with Crippen LogP contribution >= 0.6 is 0 Å². The fourth-order valence-electron chi connectivity index (χ4n) is 2.29. The third kappa shape index (κ3) is 3.97. The second-order valence-electron chi connectivity index (χ2n) is 5.26. The number of ether oxygens (including phenoxy) is 1. The molecule has 0 aromatic heterocycles. The number of carbonyl (C=O) groups excluding carboxylic acids is 2. The second kappa shape index (κ2) is 7.11. The first kappa shape index (κ1) is 15.4. The smallest absolute Gasteiger partial charge is 0.279 e. The highest BCUT2D eigenvalue weighted by atomic mass is 16.5. The average Bonchev–Trinajstić information content (AvgIpc) is 2.48. The number of nitrogens with zero attached hydrogens (tertiary/aromatic N) is 1. The van der Waals surface area contributed by atoms with E-state index < -0.39 is 6.10 Å². The van der Waals surface area contributed by atoms with Gasteiger partial charge in [-0.25, -0.2) is 0 Å². The lowest BCUT2D eigenvalue weighted by Gasteiger charge is -2.28. The first-order valence-corrected chi connectivity index (χ1v) is 7.45. The highest BCUT2D eigenvalue weighted by molar-refractivity contribution is 5.85. The molecular weight excluding hydrogens is 268 g/mol. The molecule has 2 rings (SSSR count). The Morgan fingerprint density at radius 2 is 2.14 bits per heavy atom. The summed E-state index contributed by atoms with van der Waals surface area (Å²) >= 11 is 0. The van der Waals surface area contributed by atoms with Crippen LogP contribution in [0.25, 0.3) is 0 Å². The topological polar surface area (TPSA) is 58.6 Å². The molecule has 0 saturated carbocycles. The molecule has 0 unspecified atom stereocenters. The molecule has 21 heavy (non-hydrogen) atoms. The third-order valence-corrected chi connectivity index (χ3v) is 3.59. The largest absolute Gasteiger partial charge is 0.480 e. The van der Waals surface area contributed by atoms with E-state index in [-0.39, 0.29) is 11.8 Å². The summed E-state index contributed by atoms with van der Waals surface area (Å²) in [6.45, 7) is 4.40. The molecular formula is C16H22N2O3. The minimum Gasteiger partial charge on any atom is -0.480 e. The molecule has 1 aliphatic rings. The summed E-state index contributed by atoms with van der Waals surface area (Å²) in [6, 6.07) is 7.59. The number of piperidine rings is 1. The van der Waals surface area contributed by atoms with Crippen molar-refractivity contribution in [3.05, 3.63) is 29.8 Å². The summed E-state index contributed by atoms with van der Waals surface area (Å²) in [5.74, 6) is 0.404. The van der Waals surface area contributed by atoms with Crippen molar-refractivity contribution in [2.75, 3.05) is 6.54 Å². The van der Waals surface area contributed by atoms with Crippen LogP contribution in [0.2, 0.25) is 0 Å². The first-order valence-electron chi connectivity index (χ1n) is 7.45. The summed E-state index contributed by atoms with van der Waals surface area (Å²) in [7, 11) is 0. The van der Waals surface area contributed by atoms with Gasteiger partial charge in [0, 0.05) is 13.0 Å². The van der Waals surface area contributed by atoms with Crippen LogP contribution in [0.15, 0.2) is 24.3 Å². The number of rotatable bonds is 5. The van der Waals surface area contributed by atoms with E-state index in [1.54, 1.807) is 0 Å². The Hall–Kier alpha value is -2.04. The summed E-state index contributed by atoms with van der Waals surface area (Å²) in [5, 5.41) is 1.41. The van der Waals surface area contributed by atoms with Crippen molar-refractivity contribution in [2.24, 2.45) is 0 Å². The Kier molecular flexibility index (Phi) is 5.20. The predicted molar refractivity (Wildman–Crippen MR) is 79.6 cm³/mol. The number of carbonyl (C=O) groups is 2. The number of hydrogen-bond donors (Lipinski definition) is 1. The van der Waals surface area contributed by atoms with Crippen molar-refractivity contribution in [2.45, 2.75) is 45.6 Å². The maximum Gasteiger partial charge on any atom is 0.279 e. The molecule has 1 N–H and O–H groups in total. The molecule has 0 bridgehead atoms. The van der Waals surface area contributed by atoms with E-state index in [1.807, 2.05) is 38.1 Å². The Labute approximate surface area is 125 Å². The molecule has 1 fully saturated rings. The van der Waals surface area contributed by atoms with E-state index in [9.17, 15) is 9.59 Å². The average molecular weight is 290 g/mol. The van der Waals surface area contributed by atoms with Crippen molar-refractivity contribution in [1.82, 2.24) is 10.4 Å². The molecule has 1 atom stereocenters. The van der Waals surface area contributed by atoms with Gasteiger partial charge < -0.3 is 4.74 Å². The van der Waals surface area contributed by atoms with Crippen LogP contribution in [0.1, 0.15) is 38.2 Å². The van der Waals surface area contributed by atoms with Crippen LogP contribution in [0.4, 0.5) is 0 Å². The van der Waals surface area contributed by atoms with Crippen molar-refractivity contribution < 1.29 is 14.3 Å². The van der Waals surface area contributed by atoms with Gasteiger partial charge in [0.2, 0.25) is 5.91 Å². The lowest BCUT2D eigenvalue weighted by Crippen LogP contribution is -2.52. The molecule has 5 nitrogen and oxygen atoms in total. The number of para-hydroxylation sites is 1. The van der Waals surface area contributed by atoms with Crippen LogP contribution in [0.3, 0.4) is 0 Å². The molecule has 1 saturated heterocycles. The van der Waals surface area contributed by atoms with Gasteiger partial charge >= 0.3 is 0 Å². The third-order valence-electron chi connectivity index (χ3n) is 3.59. The Morgan fingerprint density at radius 3 is 2.81 bits per heavy atom. The van der Waals surface area contributed by atoms with Crippen molar-refractivity contribution in [3.63, 3.8) is 0 Å². The zero-order chi connectivity index (χ0) is 15.2. The number of hydrazine groups is 1. The molecule has 1 heterocycles. The Morgan fingerprint density at radius 1 is 1.38 bits per heavy atom. The van der Waals surface area contributed by atoms with Gasteiger partial charge in [0.1, 0.15) is 5.75 Å². The van der Waals surface area contributed by atoms with Crippen LogP contribution in [0, 0.1) is 6.92 Å². The number of hydrogen-bond acceptors (Lipinski definition) is 3. The quantitative estimate of drug-likeness (QED) is 0.904. The summed E-state index contributed by atoms with van der Waals surface area (Å²) in [6.07, 6.45) is 2.25. The highest BCUT2D eigenvalue weighted by Crippen LogP contribution is 2.19. The first-order chi connectivity index (χ1) is 10.1. The lowest BCUT2D eigenvalue weighted by molar-refractivity contribution is -0.146. The van der Waals surface area contributed by atoms with Gasteiger partial charge in [0.05, 0.1) is 0 Å². The Balaban J connectivity index is 1.98. The molecule has 0 radical (unpaired) electrons. The highest BCUT2D eigenvalue weighted by Gasteiger charge is 2.25. The normalized spacial score (nSPS) is 16.5. The maximum atomic E-state index is 12.3. The number of benzene rings is 1. The number of amides is 2. The Bertz CT molecular complexity index is 516. The van der Waals surface area contributed by atoms with Gasteiger partial charge in [-0.3, -0.25) is 20.0 Å². The van der Waals surface area contributed by atoms with Crippen molar-refractivity contribution in [3.8, 4) is 5.75 Å². The van der Waals surface area contributed by atoms with Gasteiger partial charge in [-0.15, -0.1) is 0 Å². The van der Waals surface area contributed by atoms with E-state index >= 15 is 0 Å². The minimum absolute atomic E-state index is 0.0275. The molecule has 1 aromatic rings. The van der Waals surface area contributed by atoms with Crippen molar-refractivity contribution >= 4 is 11.8 Å². The standard InChI is InChI=1S/C16H22N2O3/c1-3-13(21-14-9-5-4-8-12(14)2)16(20)17-18-11-7-6-10-15(18)19/h4-5,8-9,13H,3,6-7,10-11H2,1-2H3,(H,17,20)/t13-/m0/s1. The number of nitrogens with one attached hydrogen (secondary N) is 1. The summed E-state index contributed by atoms with van der Waals surface area (Å²) in [4.78, 5) is 24.0. The fourth-order valence-corrected chi connectivity index (χ4v) is 2.29. The van der Waals surface area contributed by atoms with E-state index in [0.29, 0.717) is 25.1 Å². The predicted octanol–water partition coefficient (Wildman–Crippen LogP) is 2.20. The summed E-state index contributed by atoms with van der Waals surface area (Å²) in [5.41, 5.74) is 3.66. The molecule has 114 valence electrons. The van der Waals surface area contributed by atoms with Gasteiger partial charge in [-0.05, 0) is 37.8 Å². The van der Waals surface area contributed by atoms with Crippen LogP contribution in [0.5, 0.6) is 5.75 Å². The molecule has 2 amide bonds. The lowest BCUT2D eigenvalue weighted by atomic mass is 10.1. The van der Waals surface area contributed by atoms with E-state index in [2.05, 4.69) is 5.43 Å². The SMILES string of the molecule is CC[C@H](Oc1ccccc1C)C(=O)NN1CCCCC1=O. The molecule has 1 aliphatic heterocycles. The van der Waals surface area contributed by atoms with E-state index in [0.717, 1.165) is 18.4 Å². The maximum absolute atomic E-state index is 12.3. The zero-order valence-corrected chi connectivity index (χ0v) is 12.6. The van der Waals surface area contributed by atoms with Gasteiger partial charge in [0.25, 0.3) is 5.91 Å². The van der Waals surface area contributed by atoms with Crippen LogP contribution in [-0.2, 0) is 9.59 Å². The fraction of sp³-hybridized carbons (Fsp3) is 0.500. The second-order valence-corrected chi connectivity index (χ2v) is 5.26. The molecule has 0 aliphatic carbocycles. The van der Waals surface area contributed by atoms with E-state index in [4.69, 9.17) is 4.74 Å². The van der Waals surface area contributed by atoms with Gasteiger partial charge in [-0.2, -0.15) is 0 Å². The molecule has 5 heteroatoms. The van der Waals surface area contributed by atoms with E-state index in [1.165, 1.54) is 5.01 Å². The minimum atomic E-state index is -0.596. The van der Waals surface area contributed by atoms with Crippen molar-refractivity contribution in [1.29, 1.82) is 0 Å². The molecule has 0 spiro atoms. The van der Waals surface area contributed by atoms with Crippen LogP contribution < -0.4 is 10.2 Å². The molecule has 1 aromatic carbocycles. The summed E-state index contributed by atoms with van der Waals surface area (Å²) < 4.78 is 5.78. The van der Waals surface area contributed by atoms with Crippen LogP contribution in [-0.4, -0.2) is 29.5 Å².